The molecular weight excluding hydrogens is 647 g/mol. The summed E-state index contributed by atoms with van der Waals surface area (Å²) >= 11 is 0. The van der Waals surface area contributed by atoms with Crippen LogP contribution in [0.5, 0.6) is 11.5 Å². The monoisotopic (exact) mass is 680 g/mol. The van der Waals surface area contributed by atoms with Crippen molar-refractivity contribution in [3.8, 4) is 34.1 Å². The van der Waals surface area contributed by atoms with E-state index in [4.69, 9.17) is 14.8 Å². The van der Waals surface area contributed by atoms with E-state index in [1.807, 2.05) is 42.1 Å². The third-order valence-electron chi connectivity index (χ3n) is 8.23. The van der Waals surface area contributed by atoms with Crippen molar-refractivity contribution < 1.29 is 25.2 Å². The molecule has 0 saturated carbocycles. The molecule has 0 unspecified atom stereocenters. The first-order valence-corrected chi connectivity index (χ1v) is 14.9. The normalized spacial score (nSPS) is 11.6. The number of rotatable bonds is 5. The number of fused-ring (bicyclic) bond motifs is 3. The number of para-hydroxylation sites is 1. The molecule has 7 rings (SSSR count). The Labute approximate surface area is 278 Å². The summed E-state index contributed by atoms with van der Waals surface area (Å²) in [6.07, 6.45) is 1.89. The summed E-state index contributed by atoms with van der Waals surface area (Å²) in [4.78, 5) is 4.78. The Bertz CT molecular complexity index is 2170. The third kappa shape index (κ3) is 5.61. The van der Waals surface area contributed by atoms with Crippen molar-refractivity contribution >= 4 is 21.8 Å². The van der Waals surface area contributed by atoms with E-state index >= 15 is 0 Å². The molecule has 0 aliphatic rings. The maximum Gasteiger partial charge on any atom is 2.00 e. The maximum atomic E-state index is 6.40. The topological polar surface area (TPSA) is 44.9 Å². The van der Waals surface area contributed by atoms with Gasteiger partial charge in [0.2, 0.25) is 0 Å². The molecule has 0 aliphatic heterocycles. The first kappa shape index (κ1) is 30.5. The van der Waals surface area contributed by atoms with E-state index in [1.165, 1.54) is 11.1 Å². The van der Waals surface area contributed by atoms with E-state index in [9.17, 15) is 0 Å². The zero-order valence-corrected chi connectivity index (χ0v) is 27.8. The number of nitrogens with zero attached hydrogens (tertiary/aromatic N) is 4. The number of hydrogen-bond donors (Lipinski definition) is 0. The van der Waals surface area contributed by atoms with Crippen molar-refractivity contribution in [3.05, 3.63) is 132 Å². The Hall–Kier alpha value is -4.50. The van der Waals surface area contributed by atoms with Crippen molar-refractivity contribution in [3.63, 3.8) is 0 Å². The van der Waals surface area contributed by atoms with Crippen LogP contribution in [0.25, 0.3) is 44.4 Å². The molecule has 0 radical (unpaired) electrons. The summed E-state index contributed by atoms with van der Waals surface area (Å²) in [5.41, 5.74) is 9.61. The van der Waals surface area contributed by atoms with E-state index in [1.54, 1.807) is 0 Å². The molecule has 0 N–H and O–H groups in total. The zero-order chi connectivity index (χ0) is 30.6. The van der Waals surface area contributed by atoms with Gasteiger partial charge in [-0.25, -0.2) is 4.98 Å². The van der Waals surface area contributed by atoms with Gasteiger partial charge in [-0.3, -0.25) is 4.68 Å². The van der Waals surface area contributed by atoms with Crippen molar-refractivity contribution in [2.45, 2.75) is 47.0 Å². The van der Waals surface area contributed by atoms with Gasteiger partial charge in [-0.05, 0) is 66.6 Å². The molecule has 0 spiro atoms. The Balaban J connectivity index is 0.00000357. The Morgan fingerprint density at radius 1 is 0.756 bits per heavy atom. The minimum atomic E-state index is 0. The van der Waals surface area contributed by atoms with Crippen LogP contribution in [0.1, 0.15) is 43.3 Å². The second kappa shape index (κ2) is 11.8. The molecule has 0 aliphatic carbocycles. The first-order chi connectivity index (χ1) is 21.2. The van der Waals surface area contributed by atoms with Gasteiger partial charge in [-0.15, -0.1) is 35.7 Å². The molecule has 0 fully saturated rings. The van der Waals surface area contributed by atoms with Crippen LogP contribution in [-0.2, 0) is 25.8 Å². The van der Waals surface area contributed by atoms with Crippen molar-refractivity contribution in [1.29, 1.82) is 0 Å². The fourth-order valence-electron chi connectivity index (χ4n) is 5.93. The minimum Gasteiger partial charge on any atom is -0.509 e. The molecule has 0 atom stereocenters. The second-order valence-electron chi connectivity index (χ2n) is 12.4. The van der Waals surface area contributed by atoms with Crippen LogP contribution in [-0.4, -0.2) is 19.3 Å². The summed E-state index contributed by atoms with van der Waals surface area (Å²) in [7, 11) is 0. The van der Waals surface area contributed by atoms with Gasteiger partial charge in [0.1, 0.15) is 5.82 Å². The number of aryl methyl sites for hydroxylation is 2. The van der Waals surface area contributed by atoms with Gasteiger partial charge in [0.05, 0.1) is 5.69 Å². The van der Waals surface area contributed by atoms with Gasteiger partial charge in [0, 0.05) is 34.5 Å². The van der Waals surface area contributed by atoms with Crippen LogP contribution in [0.2, 0.25) is 0 Å². The Morgan fingerprint density at radius 2 is 1.51 bits per heavy atom. The van der Waals surface area contributed by atoms with E-state index < -0.39 is 0 Å². The molecule has 5 nitrogen and oxygen atoms in total. The standard InChI is InChI=1S/C39H34N4O.Pd/c1-25-14-16-28(17-15-25)38-26(2)41-43(27(38)3)30-10-9-11-31(23-30)44-32-18-19-34-33-12-7-8-13-35(33)42(36(34)24-32)37-22-29(20-21-40-37)39(4,5)6;/h7-22H,1-6H3;/q-2;+2. The minimum absolute atomic E-state index is 0. The summed E-state index contributed by atoms with van der Waals surface area (Å²) in [6.45, 7) is 12.9. The zero-order valence-electron chi connectivity index (χ0n) is 26.3. The number of hydrogen-bond acceptors (Lipinski definition) is 3. The van der Waals surface area contributed by atoms with Gasteiger partial charge in [-0.1, -0.05) is 74.3 Å². The largest absolute Gasteiger partial charge is 2.00 e. The van der Waals surface area contributed by atoms with Crippen LogP contribution in [0, 0.1) is 32.9 Å². The van der Waals surface area contributed by atoms with Gasteiger partial charge in [0.15, 0.2) is 0 Å². The van der Waals surface area contributed by atoms with Gasteiger partial charge in [-0.2, -0.15) is 17.2 Å². The fraction of sp³-hybridized carbons (Fsp3) is 0.179. The summed E-state index contributed by atoms with van der Waals surface area (Å²) < 4.78 is 10.5. The summed E-state index contributed by atoms with van der Waals surface area (Å²) in [5.74, 6) is 2.06. The molecule has 3 heterocycles. The Kier molecular flexibility index (Phi) is 7.99. The molecule has 226 valence electrons. The van der Waals surface area contributed by atoms with Crippen LogP contribution in [0.15, 0.2) is 97.2 Å². The molecule has 4 aromatic carbocycles. The van der Waals surface area contributed by atoms with Crippen molar-refractivity contribution in [1.82, 2.24) is 19.3 Å². The molecule has 3 aromatic heterocycles. The van der Waals surface area contributed by atoms with E-state index in [-0.39, 0.29) is 25.8 Å². The SMILES string of the molecule is Cc1ccc(-c2c(C)nn(-c3[c-]c(Oc4[c-]c5c(cc4)c4ccccc4n5-c4cc(C(C)(C)C)ccn4)ccc3)c2C)cc1.[Pd+2]. The quantitative estimate of drug-likeness (QED) is 0.134. The van der Waals surface area contributed by atoms with Gasteiger partial charge >= 0.3 is 20.4 Å². The van der Waals surface area contributed by atoms with E-state index in [0.29, 0.717) is 11.5 Å². The average molecular weight is 681 g/mol. The number of pyridine rings is 1. The number of aromatic nitrogens is 4. The van der Waals surface area contributed by atoms with Crippen LogP contribution in [0.3, 0.4) is 0 Å². The molecule has 7 aromatic rings. The first-order valence-electron chi connectivity index (χ1n) is 14.9. The maximum absolute atomic E-state index is 6.40. The molecule has 45 heavy (non-hydrogen) atoms. The van der Waals surface area contributed by atoms with Gasteiger partial charge < -0.3 is 9.30 Å². The number of ether oxygens (including phenoxy) is 1. The third-order valence-corrected chi connectivity index (χ3v) is 8.23. The van der Waals surface area contributed by atoms with Crippen LogP contribution >= 0.6 is 0 Å². The molecule has 0 amide bonds. The molecule has 0 saturated heterocycles. The van der Waals surface area contributed by atoms with Crippen molar-refractivity contribution in [2.75, 3.05) is 0 Å². The molecule has 0 bridgehead atoms. The number of benzene rings is 4. The van der Waals surface area contributed by atoms with Crippen molar-refractivity contribution in [2.24, 2.45) is 0 Å². The van der Waals surface area contributed by atoms with Gasteiger partial charge in [0.25, 0.3) is 0 Å². The predicted molar refractivity (Wildman–Crippen MR) is 178 cm³/mol. The van der Waals surface area contributed by atoms with E-state index in [2.05, 4.69) is 118 Å². The second-order valence-corrected chi connectivity index (χ2v) is 12.4. The smallest absolute Gasteiger partial charge is 0.509 e. The van der Waals surface area contributed by atoms with Crippen LogP contribution < -0.4 is 4.74 Å². The fourth-order valence-corrected chi connectivity index (χ4v) is 5.93. The average Bonchev–Trinajstić information content (AvgIpc) is 3.50. The predicted octanol–water partition coefficient (Wildman–Crippen LogP) is 9.64. The van der Waals surface area contributed by atoms with Crippen LogP contribution in [0.4, 0.5) is 0 Å². The summed E-state index contributed by atoms with van der Waals surface area (Å²) in [5, 5.41) is 7.12. The van der Waals surface area contributed by atoms with E-state index in [0.717, 1.165) is 55.8 Å². The molecule has 6 heteroatoms. The Morgan fingerprint density at radius 3 is 2.29 bits per heavy atom. The summed E-state index contributed by atoms with van der Waals surface area (Å²) in [6, 6.07) is 38.2. The molecular formula is C39H34N4OPd.